The number of hydrogen-bond acceptors (Lipinski definition) is 5. The molecule has 5 nitrogen and oxygen atoms in total. The summed E-state index contributed by atoms with van der Waals surface area (Å²) >= 11 is 4.51. The van der Waals surface area contributed by atoms with E-state index < -0.39 is 6.29 Å². The molecule has 0 aromatic heterocycles. The molecule has 0 spiro atoms. The predicted molar refractivity (Wildman–Crippen MR) is 96.8 cm³/mol. The van der Waals surface area contributed by atoms with Crippen molar-refractivity contribution in [1.82, 2.24) is 0 Å². The van der Waals surface area contributed by atoms with Crippen LogP contribution >= 0.6 is 45.2 Å². The zero-order valence-corrected chi connectivity index (χ0v) is 16.7. The zero-order valence-electron chi connectivity index (χ0n) is 12.4. The van der Waals surface area contributed by atoms with Crippen LogP contribution in [0.1, 0.15) is 11.9 Å². The van der Waals surface area contributed by atoms with Crippen molar-refractivity contribution < 1.29 is 23.7 Å². The molecule has 0 bridgehead atoms. The molecule has 120 valence electrons. The quantitative estimate of drug-likeness (QED) is 0.269. The Morgan fingerprint density at radius 1 is 0.952 bits per heavy atom. The minimum Gasteiger partial charge on any atom is -0.490 e. The highest BCUT2D eigenvalue weighted by Gasteiger charge is 2.19. The van der Waals surface area contributed by atoms with Gasteiger partial charge >= 0.3 is 0 Å². The number of rotatable bonds is 10. The van der Waals surface area contributed by atoms with Crippen molar-refractivity contribution in [1.29, 1.82) is 0 Å². The number of ether oxygens (including phenoxy) is 5. The van der Waals surface area contributed by atoms with Gasteiger partial charge < -0.3 is 23.7 Å². The summed E-state index contributed by atoms with van der Waals surface area (Å²) in [5.74, 6) is 0.778. The van der Waals surface area contributed by atoms with Gasteiger partial charge in [-0.3, -0.25) is 0 Å². The van der Waals surface area contributed by atoms with Gasteiger partial charge in [0.2, 0.25) is 0 Å². The maximum Gasteiger partial charge on any atom is 0.186 e. The van der Waals surface area contributed by atoms with Crippen LogP contribution in [0.4, 0.5) is 0 Å². The molecular weight excluding hydrogens is 502 g/mol. The Labute approximate surface area is 152 Å². The van der Waals surface area contributed by atoms with Gasteiger partial charge in [-0.2, -0.15) is 0 Å². The van der Waals surface area contributed by atoms with Crippen molar-refractivity contribution >= 4 is 45.2 Å². The number of hydrogen-bond donors (Lipinski definition) is 0. The third-order valence-electron chi connectivity index (χ3n) is 2.63. The fraction of sp³-hybridized carbons (Fsp3) is 0.571. The van der Waals surface area contributed by atoms with E-state index in [4.69, 9.17) is 23.7 Å². The van der Waals surface area contributed by atoms with E-state index in [1.807, 2.05) is 12.1 Å². The third-order valence-corrected chi connectivity index (χ3v) is 4.05. The van der Waals surface area contributed by atoms with E-state index in [-0.39, 0.29) is 0 Å². The van der Waals surface area contributed by atoms with Crippen molar-refractivity contribution in [3.8, 4) is 5.75 Å². The Morgan fingerprint density at radius 3 is 2.24 bits per heavy atom. The summed E-state index contributed by atoms with van der Waals surface area (Å²) in [4.78, 5) is 0. The van der Waals surface area contributed by atoms with Crippen LogP contribution in [0.15, 0.2) is 12.1 Å². The van der Waals surface area contributed by atoms with E-state index in [1.165, 1.54) is 0 Å². The van der Waals surface area contributed by atoms with Gasteiger partial charge in [0.1, 0.15) is 12.4 Å². The largest absolute Gasteiger partial charge is 0.490 e. The molecule has 0 N–H and O–H groups in total. The molecule has 0 aliphatic carbocycles. The summed E-state index contributed by atoms with van der Waals surface area (Å²) in [7, 11) is 4.87. The van der Waals surface area contributed by atoms with Gasteiger partial charge in [0, 0.05) is 24.9 Å². The van der Waals surface area contributed by atoms with Crippen LogP contribution in [-0.4, -0.2) is 47.8 Å². The molecule has 0 fully saturated rings. The Morgan fingerprint density at radius 2 is 1.62 bits per heavy atom. The lowest BCUT2D eigenvalue weighted by molar-refractivity contribution is -0.107. The van der Waals surface area contributed by atoms with Crippen LogP contribution in [-0.2, 0) is 18.9 Å². The lowest BCUT2D eigenvalue weighted by atomic mass is 10.2. The molecule has 1 rings (SSSR count). The highest BCUT2D eigenvalue weighted by molar-refractivity contribution is 14.1. The van der Waals surface area contributed by atoms with E-state index in [2.05, 4.69) is 45.2 Å². The molecule has 0 atom stereocenters. The Kier molecular flexibility index (Phi) is 10.1. The van der Waals surface area contributed by atoms with Gasteiger partial charge in [-0.25, -0.2) is 0 Å². The molecule has 21 heavy (non-hydrogen) atoms. The van der Waals surface area contributed by atoms with Crippen LogP contribution in [0.3, 0.4) is 0 Å². The molecule has 0 radical (unpaired) electrons. The number of methoxy groups -OCH3 is 3. The van der Waals surface area contributed by atoms with E-state index >= 15 is 0 Å². The normalized spacial score (nSPS) is 11.1. The van der Waals surface area contributed by atoms with E-state index in [0.717, 1.165) is 18.5 Å². The summed E-state index contributed by atoms with van der Waals surface area (Å²) in [6.45, 7) is 2.12. The van der Waals surface area contributed by atoms with Crippen molar-refractivity contribution in [2.45, 2.75) is 6.29 Å². The SMILES string of the molecule is COCCOCCOc1c(I)cc(I)cc1C(OC)OC. The van der Waals surface area contributed by atoms with Gasteiger partial charge in [-0.05, 0) is 57.3 Å². The summed E-state index contributed by atoms with van der Waals surface area (Å²) < 4.78 is 29.0. The fourth-order valence-corrected chi connectivity index (χ4v) is 3.75. The van der Waals surface area contributed by atoms with Crippen molar-refractivity contribution in [3.05, 3.63) is 24.8 Å². The van der Waals surface area contributed by atoms with Crippen LogP contribution in [0.5, 0.6) is 5.75 Å². The molecule has 1 aromatic carbocycles. The monoisotopic (exact) mass is 522 g/mol. The maximum absolute atomic E-state index is 5.85. The molecule has 0 aliphatic heterocycles. The molecule has 0 unspecified atom stereocenters. The molecule has 0 saturated heterocycles. The molecule has 1 aromatic rings. The predicted octanol–water partition coefficient (Wildman–Crippen LogP) is 3.23. The van der Waals surface area contributed by atoms with E-state index in [0.29, 0.717) is 26.4 Å². The minimum absolute atomic E-state index is 0.447. The maximum atomic E-state index is 5.85. The van der Waals surface area contributed by atoms with Crippen molar-refractivity contribution in [2.24, 2.45) is 0 Å². The highest BCUT2D eigenvalue weighted by Crippen LogP contribution is 2.34. The molecule has 7 heteroatoms. The molecule has 0 amide bonds. The van der Waals surface area contributed by atoms with E-state index in [1.54, 1.807) is 21.3 Å². The van der Waals surface area contributed by atoms with Crippen molar-refractivity contribution in [3.63, 3.8) is 0 Å². The first-order valence-corrected chi connectivity index (χ1v) is 8.53. The van der Waals surface area contributed by atoms with Gasteiger partial charge in [0.25, 0.3) is 0 Å². The van der Waals surface area contributed by atoms with Gasteiger partial charge in [-0.15, -0.1) is 0 Å². The summed E-state index contributed by atoms with van der Waals surface area (Å²) in [6, 6.07) is 4.05. The highest BCUT2D eigenvalue weighted by atomic mass is 127. The Bertz CT molecular complexity index is 424. The zero-order chi connectivity index (χ0) is 15.7. The molecular formula is C14H20I2O5. The summed E-state index contributed by atoms with van der Waals surface area (Å²) in [6.07, 6.45) is -0.447. The minimum atomic E-state index is -0.447. The second kappa shape index (κ2) is 10.9. The summed E-state index contributed by atoms with van der Waals surface area (Å²) in [5.41, 5.74) is 0.883. The average Bonchev–Trinajstić information content (AvgIpc) is 2.46. The smallest absolute Gasteiger partial charge is 0.186 e. The van der Waals surface area contributed by atoms with Crippen LogP contribution in [0.2, 0.25) is 0 Å². The van der Waals surface area contributed by atoms with Gasteiger partial charge in [-0.1, -0.05) is 0 Å². The lowest BCUT2D eigenvalue weighted by Crippen LogP contribution is -2.13. The average molecular weight is 522 g/mol. The fourth-order valence-electron chi connectivity index (χ4n) is 1.70. The summed E-state index contributed by atoms with van der Waals surface area (Å²) in [5, 5.41) is 0. The first-order valence-electron chi connectivity index (χ1n) is 6.38. The van der Waals surface area contributed by atoms with Crippen LogP contribution < -0.4 is 4.74 Å². The number of halogens is 2. The second-order valence-electron chi connectivity index (χ2n) is 4.06. The first-order chi connectivity index (χ1) is 10.1. The topological polar surface area (TPSA) is 46.2 Å². The molecule has 0 saturated carbocycles. The standard InChI is InChI=1S/C14H20I2O5/c1-17-4-5-20-6-7-21-13-11(14(18-2)19-3)8-10(15)9-12(13)16/h8-9,14H,4-7H2,1-3H3. The number of benzene rings is 1. The third kappa shape index (κ3) is 6.53. The first kappa shape index (κ1) is 19.4. The van der Waals surface area contributed by atoms with Crippen LogP contribution in [0, 0.1) is 7.14 Å². The second-order valence-corrected chi connectivity index (χ2v) is 6.47. The van der Waals surface area contributed by atoms with Gasteiger partial charge in [0.05, 0.1) is 29.0 Å². The Balaban J connectivity index is 2.71. The van der Waals surface area contributed by atoms with Crippen LogP contribution in [0.25, 0.3) is 0 Å². The molecule has 0 aliphatic rings. The Hall–Kier alpha value is 0.320. The van der Waals surface area contributed by atoms with Gasteiger partial charge in [0.15, 0.2) is 6.29 Å². The molecule has 0 heterocycles. The van der Waals surface area contributed by atoms with E-state index in [9.17, 15) is 0 Å². The van der Waals surface area contributed by atoms with Crippen molar-refractivity contribution in [2.75, 3.05) is 47.8 Å². The lowest BCUT2D eigenvalue weighted by Gasteiger charge is -2.19.